The second kappa shape index (κ2) is 4.18. The molecule has 0 aromatic carbocycles. The van der Waals surface area contributed by atoms with Gasteiger partial charge in [-0.2, -0.15) is 0 Å². The van der Waals surface area contributed by atoms with Crippen LogP contribution in [0.4, 0.5) is 0 Å². The van der Waals surface area contributed by atoms with Gasteiger partial charge in [0.25, 0.3) is 0 Å². The Morgan fingerprint density at radius 1 is 1.00 bits per heavy atom. The molecule has 4 aliphatic rings. The van der Waals surface area contributed by atoms with Crippen LogP contribution in [-0.2, 0) is 9.59 Å². The second-order valence-electron chi connectivity index (χ2n) is 8.05. The van der Waals surface area contributed by atoms with Gasteiger partial charge >= 0.3 is 0 Å². The molecule has 2 saturated carbocycles. The zero-order chi connectivity index (χ0) is 14.8. The molecule has 0 unspecified atom stereocenters. The van der Waals surface area contributed by atoms with Crippen molar-refractivity contribution >= 4 is 11.6 Å². The molecule has 21 heavy (non-hydrogen) atoms. The smallest absolute Gasteiger partial charge is 0.156 e. The normalized spacial score (nSPS) is 48.5. The number of allylic oxidation sites excluding steroid dienone is 4. The van der Waals surface area contributed by atoms with Gasteiger partial charge in [-0.25, -0.2) is 0 Å². The zero-order valence-electron chi connectivity index (χ0n) is 13.0. The van der Waals surface area contributed by atoms with Gasteiger partial charge in [0, 0.05) is 18.3 Å². The van der Waals surface area contributed by atoms with Gasteiger partial charge in [-0.05, 0) is 60.5 Å². The Bertz CT molecular complexity index is 584. The standard InChI is InChI=1S/C19H24O2/c1-18-9-7-13(20)11-12(18)3-4-14-15-5-6-17(21)19(15,2)10-8-16(14)18/h3-4,11,14-16H,5-10H2,1-2H3/t14-,15-,16-,18-,19-/m1/s1. The number of Topliss-reactive ketones (excluding diaryl/α,β-unsaturated/α-hetero) is 1. The summed E-state index contributed by atoms with van der Waals surface area (Å²) in [6, 6.07) is 0. The first-order valence-corrected chi connectivity index (χ1v) is 8.42. The van der Waals surface area contributed by atoms with E-state index in [1.807, 2.05) is 6.08 Å². The number of carbonyl (C=O) groups is 2. The number of ketones is 2. The molecule has 0 N–H and O–H groups in total. The van der Waals surface area contributed by atoms with Gasteiger partial charge in [-0.1, -0.05) is 26.0 Å². The summed E-state index contributed by atoms with van der Waals surface area (Å²) in [4.78, 5) is 24.1. The van der Waals surface area contributed by atoms with E-state index in [9.17, 15) is 9.59 Å². The van der Waals surface area contributed by atoms with Crippen LogP contribution >= 0.6 is 0 Å². The number of carbonyl (C=O) groups excluding carboxylic acids is 2. The van der Waals surface area contributed by atoms with Gasteiger partial charge in [0.05, 0.1) is 0 Å². The molecule has 2 fully saturated rings. The average molecular weight is 284 g/mol. The fourth-order valence-electron chi connectivity index (χ4n) is 5.77. The molecule has 2 heteroatoms. The van der Waals surface area contributed by atoms with E-state index in [0.29, 0.717) is 30.0 Å². The third-order valence-corrected chi connectivity index (χ3v) is 7.22. The van der Waals surface area contributed by atoms with Crippen molar-refractivity contribution in [2.45, 2.75) is 52.4 Å². The highest BCUT2D eigenvalue weighted by Crippen LogP contribution is 2.62. The SMILES string of the molecule is C[C@@]12CC[C@@H]3[C@H](C=CC4=CC(=O)CC[C@]43C)[C@H]1CCC2=O. The Morgan fingerprint density at radius 2 is 1.76 bits per heavy atom. The van der Waals surface area contributed by atoms with Crippen LogP contribution in [0.1, 0.15) is 52.4 Å². The summed E-state index contributed by atoms with van der Waals surface area (Å²) in [5.41, 5.74) is 1.32. The number of hydrogen-bond donors (Lipinski definition) is 0. The minimum atomic E-state index is -0.0758. The second-order valence-corrected chi connectivity index (χ2v) is 8.05. The molecule has 5 atom stereocenters. The van der Waals surface area contributed by atoms with Crippen LogP contribution < -0.4 is 0 Å². The fourth-order valence-corrected chi connectivity index (χ4v) is 5.77. The minimum absolute atomic E-state index is 0.0758. The van der Waals surface area contributed by atoms with E-state index in [1.54, 1.807) is 0 Å². The number of rotatable bonds is 0. The van der Waals surface area contributed by atoms with Crippen LogP contribution in [0.2, 0.25) is 0 Å². The summed E-state index contributed by atoms with van der Waals surface area (Å²) < 4.78 is 0. The molecular formula is C19H24O2. The molecule has 0 bridgehead atoms. The lowest BCUT2D eigenvalue weighted by Gasteiger charge is -2.54. The minimum Gasteiger partial charge on any atom is -0.299 e. The maximum Gasteiger partial charge on any atom is 0.156 e. The lowest BCUT2D eigenvalue weighted by atomic mass is 9.49. The number of hydrogen-bond acceptors (Lipinski definition) is 2. The van der Waals surface area contributed by atoms with Gasteiger partial charge < -0.3 is 0 Å². The molecule has 0 spiro atoms. The van der Waals surface area contributed by atoms with Crippen molar-refractivity contribution in [2.24, 2.45) is 28.6 Å². The first-order chi connectivity index (χ1) is 9.95. The molecule has 0 radical (unpaired) electrons. The van der Waals surface area contributed by atoms with E-state index in [2.05, 4.69) is 26.0 Å². The van der Waals surface area contributed by atoms with Crippen molar-refractivity contribution in [3.05, 3.63) is 23.8 Å². The maximum atomic E-state index is 12.3. The first kappa shape index (κ1) is 13.5. The van der Waals surface area contributed by atoms with Crippen LogP contribution in [0.5, 0.6) is 0 Å². The third-order valence-electron chi connectivity index (χ3n) is 7.22. The van der Waals surface area contributed by atoms with E-state index in [1.165, 1.54) is 5.57 Å². The Balaban J connectivity index is 1.77. The molecule has 2 nitrogen and oxygen atoms in total. The average Bonchev–Trinajstić information content (AvgIpc) is 2.76. The van der Waals surface area contributed by atoms with Crippen LogP contribution in [0, 0.1) is 28.6 Å². The first-order valence-electron chi connectivity index (χ1n) is 8.42. The molecule has 112 valence electrons. The Hall–Kier alpha value is -1.18. The van der Waals surface area contributed by atoms with Gasteiger partial charge in [0.15, 0.2) is 5.78 Å². The zero-order valence-corrected chi connectivity index (χ0v) is 13.0. The fraction of sp³-hybridized carbons (Fsp3) is 0.684. The molecule has 0 saturated heterocycles. The molecule has 0 aromatic heterocycles. The molecule has 4 aliphatic carbocycles. The molecule has 4 rings (SSSR count). The monoisotopic (exact) mass is 284 g/mol. The summed E-state index contributed by atoms with van der Waals surface area (Å²) in [5.74, 6) is 2.44. The molecule has 0 aliphatic heterocycles. The maximum absolute atomic E-state index is 12.3. The Morgan fingerprint density at radius 3 is 2.57 bits per heavy atom. The van der Waals surface area contributed by atoms with Gasteiger partial charge in [0.2, 0.25) is 0 Å². The molecule has 0 heterocycles. The largest absolute Gasteiger partial charge is 0.299 e. The van der Waals surface area contributed by atoms with Gasteiger partial charge in [-0.3, -0.25) is 9.59 Å². The van der Waals surface area contributed by atoms with Crippen molar-refractivity contribution in [1.82, 2.24) is 0 Å². The van der Waals surface area contributed by atoms with E-state index < -0.39 is 0 Å². The number of fused-ring (bicyclic) bond motifs is 5. The van der Waals surface area contributed by atoms with E-state index in [-0.39, 0.29) is 16.6 Å². The highest BCUT2D eigenvalue weighted by Gasteiger charge is 2.57. The van der Waals surface area contributed by atoms with Crippen molar-refractivity contribution in [2.75, 3.05) is 0 Å². The van der Waals surface area contributed by atoms with Crippen LogP contribution in [0.25, 0.3) is 0 Å². The van der Waals surface area contributed by atoms with Crippen LogP contribution in [0.15, 0.2) is 23.8 Å². The summed E-state index contributed by atoms with van der Waals surface area (Å²) in [6.07, 6.45) is 12.1. The lowest BCUT2D eigenvalue weighted by molar-refractivity contribution is -0.130. The van der Waals surface area contributed by atoms with Crippen molar-refractivity contribution in [3.8, 4) is 0 Å². The summed E-state index contributed by atoms with van der Waals surface area (Å²) in [5, 5.41) is 0. The van der Waals surface area contributed by atoms with Gasteiger partial charge in [-0.15, -0.1) is 0 Å². The quantitative estimate of drug-likeness (QED) is 0.677. The van der Waals surface area contributed by atoms with E-state index in [0.717, 1.165) is 32.1 Å². The van der Waals surface area contributed by atoms with E-state index in [4.69, 9.17) is 0 Å². The summed E-state index contributed by atoms with van der Waals surface area (Å²) in [6.45, 7) is 4.56. The van der Waals surface area contributed by atoms with Gasteiger partial charge in [0.1, 0.15) is 5.78 Å². The highest BCUT2D eigenvalue weighted by atomic mass is 16.1. The summed E-state index contributed by atoms with van der Waals surface area (Å²) >= 11 is 0. The Kier molecular flexibility index (Phi) is 2.68. The molecule has 0 amide bonds. The topological polar surface area (TPSA) is 34.1 Å². The predicted molar refractivity (Wildman–Crippen MR) is 81.6 cm³/mol. The van der Waals surface area contributed by atoms with Crippen molar-refractivity contribution in [3.63, 3.8) is 0 Å². The third kappa shape index (κ3) is 1.65. The van der Waals surface area contributed by atoms with Crippen molar-refractivity contribution < 1.29 is 9.59 Å². The highest BCUT2D eigenvalue weighted by molar-refractivity contribution is 5.92. The van der Waals surface area contributed by atoms with Crippen LogP contribution in [0.3, 0.4) is 0 Å². The van der Waals surface area contributed by atoms with Crippen molar-refractivity contribution in [1.29, 1.82) is 0 Å². The predicted octanol–water partition coefficient (Wildman–Crippen LogP) is 3.86. The van der Waals surface area contributed by atoms with E-state index >= 15 is 0 Å². The Labute approximate surface area is 126 Å². The summed E-state index contributed by atoms with van der Waals surface area (Å²) in [7, 11) is 0. The molecule has 0 aromatic rings. The lowest BCUT2D eigenvalue weighted by Crippen LogP contribution is -2.49. The van der Waals surface area contributed by atoms with Crippen LogP contribution in [-0.4, -0.2) is 11.6 Å². The molecular weight excluding hydrogens is 260 g/mol.